The van der Waals surface area contributed by atoms with Gasteiger partial charge in [0.15, 0.2) is 0 Å². The van der Waals surface area contributed by atoms with E-state index < -0.39 is 0 Å². The number of amides is 2. The van der Waals surface area contributed by atoms with Gasteiger partial charge in [-0.05, 0) is 25.1 Å². The molecule has 0 spiro atoms. The molecule has 0 radical (unpaired) electrons. The topological polar surface area (TPSA) is 53.6 Å². The van der Waals surface area contributed by atoms with Crippen LogP contribution in [0.4, 0.5) is 10.5 Å². The van der Waals surface area contributed by atoms with Crippen molar-refractivity contribution in [1.29, 1.82) is 0 Å². The normalized spacial score (nSPS) is 15.8. The molecule has 0 unspecified atom stereocenters. The maximum absolute atomic E-state index is 11.7. The second kappa shape index (κ2) is 8.09. The van der Waals surface area contributed by atoms with E-state index in [4.69, 9.17) is 16.3 Å². The second-order valence-electron chi connectivity index (χ2n) is 4.67. The molecule has 1 aromatic rings. The minimum Gasteiger partial charge on any atom is -0.379 e. The predicted molar refractivity (Wildman–Crippen MR) is 80.3 cm³/mol. The van der Waals surface area contributed by atoms with E-state index in [2.05, 4.69) is 15.5 Å². The predicted octanol–water partition coefficient (Wildman–Crippen LogP) is 2.18. The molecule has 0 atom stereocenters. The Labute approximate surface area is 124 Å². The minimum absolute atomic E-state index is 0.222. The monoisotopic (exact) mass is 297 g/mol. The molecule has 0 aliphatic carbocycles. The summed E-state index contributed by atoms with van der Waals surface area (Å²) in [5.41, 5.74) is 0.625. The van der Waals surface area contributed by atoms with Gasteiger partial charge in [0, 0.05) is 19.6 Å². The first-order valence-electron chi connectivity index (χ1n) is 6.85. The van der Waals surface area contributed by atoms with Crippen LogP contribution in [0.3, 0.4) is 0 Å². The van der Waals surface area contributed by atoms with Crippen LogP contribution in [-0.4, -0.2) is 50.3 Å². The van der Waals surface area contributed by atoms with Gasteiger partial charge < -0.3 is 15.4 Å². The van der Waals surface area contributed by atoms with Crippen molar-refractivity contribution in [2.45, 2.75) is 6.42 Å². The summed E-state index contributed by atoms with van der Waals surface area (Å²) < 4.78 is 5.29. The Morgan fingerprint density at radius 1 is 1.30 bits per heavy atom. The van der Waals surface area contributed by atoms with Crippen molar-refractivity contribution in [3.05, 3.63) is 29.3 Å². The van der Waals surface area contributed by atoms with Gasteiger partial charge >= 0.3 is 6.03 Å². The third-order valence-corrected chi connectivity index (χ3v) is 3.49. The highest BCUT2D eigenvalue weighted by molar-refractivity contribution is 6.33. The Bertz CT molecular complexity index is 436. The second-order valence-corrected chi connectivity index (χ2v) is 5.08. The van der Waals surface area contributed by atoms with Gasteiger partial charge in [0.05, 0.1) is 23.9 Å². The molecule has 6 heteroatoms. The van der Waals surface area contributed by atoms with Gasteiger partial charge in [0.1, 0.15) is 0 Å². The van der Waals surface area contributed by atoms with Crippen LogP contribution in [0.1, 0.15) is 6.42 Å². The number of nitrogens with one attached hydrogen (secondary N) is 2. The van der Waals surface area contributed by atoms with E-state index in [1.165, 1.54) is 0 Å². The van der Waals surface area contributed by atoms with Gasteiger partial charge in [-0.2, -0.15) is 0 Å². The van der Waals surface area contributed by atoms with Crippen LogP contribution in [-0.2, 0) is 4.74 Å². The Balaban J connectivity index is 1.61. The Kier molecular flexibility index (Phi) is 6.11. The van der Waals surface area contributed by atoms with Crippen molar-refractivity contribution in [2.75, 3.05) is 44.7 Å². The first-order chi connectivity index (χ1) is 9.75. The maximum Gasteiger partial charge on any atom is 0.319 e. The van der Waals surface area contributed by atoms with Gasteiger partial charge in [-0.1, -0.05) is 23.7 Å². The largest absolute Gasteiger partial charge is 0.379 e. The number of hydrogen-bond acceptors (Lipinski definition) is 3. The summed E-state index contributed by atoms with van der Waals surface area (Å²) in [5.74, 6) is 0. The van der Waals surface area contributed by atoms with Crippen molar-refractivity contribution in [1.82, 2.24) is 10.2 Å². The number of ether oxygens (including phenoxy) is 1. The lowest BCUT2D eigenvalue weighted by molar-refractivity contribution is 0.0375. The molecule has 1 saturated heterocycles. The number of hydrogen-bond donors (Lipinski definition) is 2. The molecule has 5 nitrogen and oxygen atoms in total. The molecule has 2 N–H and O–H groups in total. The summed E-state index contributed by atoms with van der Waals surface area (Å²) in [6, 6.07) is 6.96. The smallest absolute Gasteiger partial charge is 0.319 e. The molecule has 1 aliphatic rings. The van der Waals surface area contributed by atoms with E-state index in [-0.39, 0.29) is 6.03 Å². The molecule has 2 amide bonds. The fourth-order valence-corrected chi connectivity index (χ4v) is 2.24. The molecule has 1 heterocycles. The molecule has 1 fully saturated rings. The van der Waals surface area contributed by atoms with Crippen LogP contribution < -0.4 is 10.6 Å². The summed E-state index contributed by atoms with van der Waals surface area (Å²) in [4.78, 5) is 14.0. The first kappa shape index (κ1) is 15.1. The van der Waals surface area contributed by atoms with Gasteiger partial charge in [-0.15, -0.1) is 0 Å². The molecule has 0 saturated carbocycles. The molecule has 2 rings (SSSR count). The van der Waals surface area contributed by atoms with Crippen LogP contribution in [0.15, 0.2) is 24.3 Å². The fraction of sp³-hybridized carbons (Fsp3) is 0.500. The lowest BCUT2D eigenvalue weighted by Crippen LogP contribution is -2.38. The molecular weight excluding hydrogens is 278 g/mol. The van der Waals surface area contributed by atoms with Crippen LogP contribution in [0.2, 0.25) is 5.02 Å². The summed E-state index contributed by atoms with van der Waals surface area (Å²) in [6.45, 7) is 5.20. The van der Waals surface area contributed by atoms with E-state index in [1.807, 2.05) is 12.1 Å². The number of carbonyl (C=O) groups is 1. The number of rotatable bonds is 5. The molecular formula is C14H20ClN3O2. The summed E-state index contributed by atoms with van der Waals surface area (Å²) in [7, 11) is 0. The quantitative estimate of drug-likeness (QED) is 0.819. The fourth-order valence-electron chi connectivity index (χ4n) is 2.06. The molecule has 20 heavy (non-hydrogen) atoms. The van der Waals surface area contributed by atoms with Crippen molar-refractivity contribution < 1.29 is 9.53 Å². The SMILES string of the molecule is O=C(NCCCN1CCOCC1)Nc1ccccc1Cl. The number of urea groups is 1. The highest BCUT2D eigenvalue weighted by Crippen LogP contribution is 2.19. The van der Waals surface area contributed by atoms with Gasteiger partial charge in [0.25, 0.3) is 0 Å². The third-order valence-electron chi connectivity index (χ3n) is 3.16. The number of carbonyl (C=O) groups excluding carboxylic acids is 1. The van der Waals surface area contributed by atoms with Crippen LogP contribution >= 0.6 is 11.6 Å². The lowest BCUT2D eigenvalue weighted by Gasteiger charge is -2.26. The average molecular weight is 298 g/mol. The van der Waals surface area contributed by atoms with Crippen LogP contribution in [0, 0.1) is 0 Å². The van der Waals surface area contributed by atoms with Gasteiger partial charge in [0.2, 0.25) is 0 Å². The number of benzene rings is 1. The highest BCUT2D eigenvalue weighted by Gasteiger charge is 2.09. The van der Waals surface area contributed by atoms with E-state index in [0.717, 1.165) is 39.3 Å². The number of anilines is 1. The van der Waals surface area contributed by atoms with Crippen LogP contribution in [0.25, 0.3) is 0 Å². The van der Waals surface area contributed by atoms with E-state index in [1.54, 1.807) is 12.1 Å². The average Bonchev–Trinajstić information content (AvgIpc) is 2.47. The molecule has 0 bridgehead atoms. The first-order valence-corrected chi connectivity index (χ1v) is 7.23. The maximum atomic E-state index is 11.7. The zero-order chi connectivity index (χ0) is 14.2. The van der Waals surface area contributed by atoms with E-state index in [0.29, 0.717) is 17.3 Å². The zero-order valence-electron chi connectivity index (χ0n) is 11.4. The van der Waals surface area contributed by atoms with E-state index in [9.17, 15) is 4.79 Å². The lowest BCUT2D eigenvalue weighted by atomic mass is 10.3. The number of morpholine rings is 1. The Hall–Kier alpha value is -1.30. The van der Waals surface area contributed by atoms with E-state index >= 15 is 0 Å². The number of halogens is 1. The van der Waals surface area contributed by atoms with Crippen molar-refractivity contribution in [2.24, 2.45) is 0 Å². The molecule has 1 aliphatic heterocycles. The Morgan fingerprint density at radius 3 is 2.80 bits per heavy atom. The Morgan fingerprint density at radius 2 is 2.05 bits per heavy atom. The van der Waals surface area contributed by atoms with Crippen molar-refractivity contribution in [3.8, 4) is 0 Å². The molecule has 0 aromatic heterocycles. The molecule has 1 aromatic carbocycles. The summed E-state index contributed by atoms with van der Waals surface area (Å²) >= 11 is 5.97. The minimum atomic E-state index is -0.222. The third kappa shape index (κ3) is 5.00. The van der Waals surface area contributed by atoms with Crippen molar-refractivity contribution in [3.63, 3.8) is 0 Å². The molecule has 110 valence electrons. The van der Waals surface area contributed by atoms with Crippen LogP contribution in [0.5, 0.6) is 0 Å². The van der Waals surface area contributed by atoms with Gasteiger partial charge in [-0.3, -0.25) is 4.90 Å². The van der Waals surface area contributed by atoms with Gasteiger partial charge in [-0.25, -0.2) is 4.79 Å². The number of nitrogens with zero attached hydrogens (tertiary/aromatic N) is 1. The summed E-state index contributed by atoms with van der Waals surface area (Å²) in [6.07, 6.45) is 0.927. The summed E-state index contributed by atoms with van der Waals surface area (Å²) in [5, 5.41) is 6.10. The standard InChI is InChI=1S/C14H20ClN3O2/c15-12-4-1-2-5-13(12)17-14(19)16-6-3-7-18-8-10-20-11-9-18/h1-2,4-5H,3,6-11H2,(H2,16,17,19). The van der Waals surface area contributed by atoms with Crippen molar-refractivity contribution >= 4 is 23.3 Å². The number of para-hydroxylation sites is 1. The zero-order valence-corrected chi connectivity index (χ0v) is 12.2. The highest BCUT2D eigenvalue weighted by atomic mass is 35.5.